The van der Waals surface area contributed by atoms with E-state index in [4.69, 9.17) is 0 Å². The highest BCUT2D eigenvalue weighted by Crippen LogP contribution is 2.29. The first-order valence-corrected chi connectivity index (χ1v) is 6.55. The smallest absolute Gasteiger partial charge is 0.107 e. The van der Waals surface area contributed by atoms with E-state index in [1.54, 1.807) is 0 Å². The summed E-state index contributed by atoms with van der Waals surface area (Å²) < 4.78 is 14.8. The van der Waals surface area contributed by atoms with Crippen molar-refractivity contribution in [3.8, 4) is 0 Å². The molecule has 0 saturated heterocycles. The molecule has 0 spiro atoms. The zero-order valence-electron chi connectivity index (χ0n) is 11.0. The van der Waals surface area contributed by atoms with Gasteiger partial charge in [0.2, 0.25) is 0 Å². The van der Waals surface area contributed by atoms with Gasteiger partial charge in [-0.2, -0.15) is 0 Å². The van der Waals surface area contributed by atoms with Crippen LogP contribution in [0.15, 0.2) is 42.5 Å². The molecule has 1 heterocycles. The first kappa shape index (κ1) is 12.2. The molecule has 0 amide bonds. The highest BCUT2D eigenvalue weighted by Gasteiger charge is 2.10. The predicted molar refractivity (Wildman–Crippen MR) is 78.2 cm³/mol. The first-order valence-electron chi connectivity index (χ1n) is 6.55. The summed E-state index contributed by atoms with van der Waals surface area (Å²) in [7, 11) is 1.94. The number of aromatic nitrogens is 1. The lowest BCUT2D eigenvalue weighted by Crippen LogP contribution is -2.04. The van der Waals surface area contributed by atoms with E-state index in [2.05, 4.69) is 40.2 Å². The summed E-state index contributed by atoms with van der Waals surface area (Å²) in [6, 6.07) is 14.6. The Labute approximate surface area is 111 Å². The molecule has 98 valence electrons. The van der Waals surface area contributed by atoms with Crippen LogP contribution in [0.2, 0.25) is 0 Å². The predicted octanol–water partition coefficient (Wildman–Crippen LogP) is 3.48. The Kier molecular flexibility index (Phi) is 3.22. The largest absolute Gasteiger partial charge is 0.338 e. The van der Waals surface area contributed by atoms with Crippen LogP contribution in [0.25, 0.3) is 21.8 Å². The molecule has 0 unspecified atom stereocenters. The molecule has 2 nitrogen and oxygen atoms in total. The number of halogens is 1. The monoisotopic (exact) mass is 256 g/mol. The number of fused-ring (bicyclic) bond motifs is 3. The van der Waals surface area contributed by atoms with E-state index in [1.165, 1.54) is 16.3 Å². The maximum atomic E-state index is 12.8. The third kappa shape index (κ3) is 2.00. The van der Waals surface area contributed by atoms with Crippen LogP contribution < -0.4 is 5.32 Å². The Morgan fingerprint density at radius 1 is 1.05 bits per heavy atom. The van der Waals surface area contributed by atoms with Gasteiger partial charge in [0.05, 0.1) is 6.54 Å². The molecule has 0 aliphatic carbocycles. The maximum Gasteiger partial charge on any atom is 0.107 e. The first-order chi connectivity index (χ1) is 9.35. The molecule has 0 atom stereocenters. The lowest BCUT2D eigenvalue weighted by molar-refractivity contribution is 0.455. The van der Waals surface area contributed by atoms with Gasteiger partial charge in [-0.05, 0) is 30.8 Å². The van der Waals surface area contributed by atoms with E-state index < -0.39 is 0 Å². The summed E-state index contributed by atoms with van der Waals surface area (Å²) in [5.41, 5.74) is 3.47. The molecular formula is C16H17FN2. The van der Waals surface area contributed by atoms with Crippen molar-refractivity contribution in [1.82, 2.24) is 9.88 Å². The summed E-state index contributed by atoms with van der Waals surface area (Å²) in [5.74, 6) is 0. The second kappa shape index (κ2) is 5.02. The van der Waals surface area contributed by atoms with Crippen molar-refractivity contribution < 1.29 is 4.39 Å². The van der Waals surface area contributed by atoms with Gasteiger partial charge in [-0.3, -0.25) is 0 Å². The van der Waals surface area contributed by atoms with Gasteiger partial charge in [0.1, 0.15) is 6.67 Å². The molecule has 2 aromatic carbocycles. The summed E-state index contributed by atoms with van der Waals surface area (Å²) in [5, 5.41) is 5.57. The maximum absolute atomic E-state index is 12.8. The molecule has 0 saturated carbocycles. The number of nitrogens with one attached hydrogen (secondary N) is 1. The normalized spacial score (nSPS) is 11.5. The topological polar surface area (TPSA) is 17.0 Å². The van der Waals surface area contributed by atoms with Gasteiger partial charge in [0, 0.05) is 28.4 Å². The number of alkyl halides is 1. The molecule has 0 aliphatic rings. The van der Waals surface area contributed by atoms with E-state index in [0.717, 1.165) is 17.6 Å². The number of hydrogen-bond acceptors (Lipinski definition) is 1. The van der Waals surface area contributed by atoms with Crippen LogP contribution in [0, 0.1) is 0 Å². The zero-order chi connectivity index (χ0) is 13.2. The molecule has 1 N–H and O–H groups in total. The van der Waals surface area contributed by atoms with Crippen LogP contribution >= 0.6 is 0 Å². The Hall–Kier alpha value is -1.87. The third-order valence-electron chi connectivity index (χ3n) is 3.53. The van der Waals surface area contributed by atoms with Crippen LogP contribution in [-0.4, -0.2) is 18.3 Å². The number of hydrogen-bond donors (Lipinski definition) is 1. The highest BCUT2D eigenvalue weighted by molar-refractivity contribution is 6.08. The van der Waals surface area contributed by atoms with E-state index in [1.807, 2.05) is 19.2 Å². The lowest BCUT2D eigenvalue weighted by atomic mass is 10.1. The van der Waals surface area contributed by atoms with Crippen molar-refractivity contribution in [3.05, 3.63) is 48.0 Å². The molecule has 3 heteroatoms. The van der Waals surface area contributed by atoms with Gasteiger partial charge in [0.15, 0.2) is 0 Å². The minimum absolute atomic E-state index is 0.341. The molecular weight excluding hydrogens is 239 g/mol. The SMILES string of the molecule is CNCc1ccc2c(c1)c1ccccc1n2CCF. The molecule has 3 aromatic rings. The number of rotatable bonds is 4. The second-order valence-electron chi connectivity index (χ2n) is 4.74. The van der Waals surface area contributed by atoms with Crippen molar-refractivity contribution >= 4 is 21.8 Å². The minimum atomic E-state index is -0.341. The summed E-state index contributed by atoms with van der Waals surface area (Å²) in [6.07, 6.45) is 0. The second-order valence-corrected chi connectivity index (χ2v) is 4.74. The molecule has 0 fully saturated rings. The Morgan fingerprint density at radius 2 is 1.84 bits per heavy atom. The van der Waals surface area contributed by atoms with Crippen LogP contribution in [0.1, 0.15) is 5.56 Å². The van der Waals surface area contributed by atoms with Crippen molar-refractivity contribution in [3.63, 3.8) is 0 Å². The van der Waals surface area contributed by atoms with Crippen LogP contribution in [-0.2, 0) is 13.1 Å². The van der Waals surface area contributed by atoms with Gasteiger partial charge in [-0.25, -0.2) is 4.39 Å². The molecule has 0 aliphatic heterocycles. The fraction of sp³-hybridized carbons (Fsp3) is 0.250. The fourth-order valence-electron chi connectivity index (χ4n) is 2.74. The summed E-state index contributed by atoms with van der Waals surface area (Å²) in [6.45, 7) is 0.917. The van der Waals surface area contributed by atoms with Gasteiger partial charge in [0.25, 0.3) is 0 Å². The number of nitrogens with zero attached hydrogens (tertiary/aromatic N) is 1. The van der Waals surface area contributed by atoms with E-state index in [-0.39, 0.29) is 6.67 Å². The molecule has 1 aromatic heterocycles. The van der Waals surface area contributed by atoms with Crippen molar-refractivity contribution in [2.45, 2.75) is 13.1 Å². The highest BCUT2D eigenvalue weighted by atomic mass is 19.1. The van der Waals surface area contributed by atoms with E-state index >= 15 is 0 Å². The van der Waals surface area contributed by atoms with Gasteiger partial charge in [-0.1, -0.05) is 24.3 Å². The number of aryl methyl sites for hydroxylation is 1. The van der Waals surface area contributed by atoms with Crippen molar-refractivity contribution in [2.75, 3.05) is 13.7 Å². The average molecular weight is 256 g/mol. The molecule has 0 radical (unpaired) electrons. The van der Waals surface area contributed by atoms with E-state index in [0.29, 0.717) is 6.54 Å². The van der Waals surface area contributed by atoms with Crippen LogP contribution in [0.4, 0.5) is 4.39 Å². The zero-order valence-corrected chi connectivity index (χ0v) is 11.0. The molecule has 0 bridgehead atoms. The Balaban J connectivity index is 2.32. The van der Waals surface area contributed by atoms with Gasteiger partial charge in [-0.15, -0.1) is 0 Å². The van der Waals surface area contributed by atoms with Crippen molar-refractivity contribution in [1.29, 1.82) is 0 Å². The number of para-hydroxylation sites is 1. The summed E-state index contributed by atoms with van der Waals surface area (Å²) >= 11 is 0. The van der Waals surface area contributed by atoms with Crippen LogP contribution in [0.3, 0.4) is 0 Å². The Morgan fingerprint density at radius 3 is 2.63 bits per heavy atom. The quantitative estimate of drug-likeness (QED) is 0.756. The van der Waals surface area contributed by atoms with Crippen molar-refractivity contribution in [2.24, 2.45) is 0 Å². The van der Waals surface area contributed by atoms with Gasteiger partial charge < -0.3 is 9.88 Å². The third-order valence-corrected chi connectivity index (χ3v) is 3.53. The fourth-order valence-corrected chi connectivity index (χ4v) is 2.74. The Bertz CT molecular complexity index is 715. The number of benzene rings is 2. The van der Waals surface area contributed by atoms with Crippen LogP contribution in [0.5, 0.6) is 0 Å². The summed E-state index contributed by atoms with van der Waals surface area (Å²) in [4.78, 5) is 0. The molecule has 3 rings (SSSR count). The van der Waals surface area contributed by atoms with Gasteiger partial charge >= 0.3 is 0 Å². The standard InChI is InChI=1S/C16H17FN2/c1-18-11-12-6-7-16-14(10-12)13-4-2-3-5-15(13)19(16)9-8-17/h2-7,10,18H,8-9,11H2,1H3. The minimum Gasteiger partial charge on any atom is -0.338 e. The molecule has 19 heavy (non-hydrogen) atoms. The lowest BCUT2D eigenvalue weighted by Gasteiger charge is -2.04. The average Bonchev–Trinajstić information content (AvgIpc) is 2.75. The van der Waals surface area contributed by atoms with E-state index in [9.17, 15) is 4.39 Å².